The molecule has 10 heteroatoms. The van der Waals surface area contributed by atoms with Gasteiger partial charge in [0.05, 0.1) is 31.0 Å². The maximum absolute atomic E-state index is 13.7. The first-order chi connectivity index (χ1) is 19.0. The number of aromatic nitrogens is 5. The molecule has 2 aromatic carbocycles. The molecule has 0 aliphatic carbocycles. The number of halogens is 1. The molecule has 3 aromatic heterocycles. The van der Waals surface area contributed by atoms with Crippen LogP contribution in [0.2, 0.25) is 0 Å². The van der Waals surface area contributed by atoms with Crippen molar-refractivity contribution in [3.05, 3.63) is 111 Å². The van der Waals surface area contributed by atoms with Crippen LogP contribution < -0.4 is 5.56 Å². The van der Waals surface area contributed by atoms with Gasteiger partial charge in [0.1, 0.15) is 17.6 Å². The molecule has 5 aromatic rings. The summed E-state index contributed by atoms with van der Waals surface area (Å²) in [5.41, 5.74) is 2.93. The van der Waals surface area contributed by atoms with Crippen molar-refractivity contribution in [1.29, 1.82) is 0 Å². The monoisotopic (exact) mass is 528 g/mol. The number of aryl methyl sites for hydroxylation is 1. The predicted molar refractivity (Wildman–Crippen MR) is 142 cm³/mol. The number of aromatic amines is 1. The van der Waals surface area contributed by atoms with Crippen LogP contribution in [0.25, 0.3) is 10.9 Å². The van der Waals surface area contributed by atoms with Crippen LogP contribution in [0.3, 0.4) is 0 Å². The number of hydrogen-bond acceptors (Lipinski definition) is 7. The van der Waals surface area contributed by atoms with Gasteiger partial charge in [-0.25, -0.2) is 9.07 Å². The Bertz CT molecular complexity index is 1610. The number of tetrazole rings is 1. The summed E-state index contributed by atoms with van der Waals surface area (Å²) >= 11 is 0. The molecular formula is C29H29FN6O3. The molecule has 1 fully saturated rings. The van der Waals surface area contributed by atoms with E-state index in [2.05, 4.69) is 25.4 Å². The van der Waals surface area contributed by atoms with Crippen molar-refractivity contribution in [3.63, 3.8) is 0 Å². The van der Waals surface area contributed by atoms with Crippen LogP contribution in [0.4, 0.5) is 4.39 Å². The number of pyridine rings is 1. The standard InChI is InChI=1S/C29H29FN6O3/c1-19-5-2-6-21-15-25(29(37)31-26(19)21)27(28-32-33-34-36(28)18-24-8-4-14-39-24)35(17-23-7-3-13-38-23)16-20-9-11-22(30)12-10-20/h2-3,5-7,9-13,15,24,27H,4,8,14,16-18H2,1H3,(H,31,37)/t24-,27+/m0/s1. The summed E-state index contributed by atoms with van der Waals surface area (Å²) in [4.78, 5) is 18.9. The Hall–Kier alpha value is -4.15. The van der Waals surface area contributed by atoms with E-state index in [1.807, 2.05) is 43.3 Å². The van der Waals surface area contributed by atoms with Gasteiger partial charge in [0, 0.05) is 18.7 Å². The third-order valence-corrected chi connectivity index (χ3v) is 7.22. The number of ether oxygens (including phenoxy) is 1. The average Bonchev–Trinajstić information content (AvgIpc) is 3.72. The van der Waals surface area contributed by atoms with E-state index >= 15 is 0 Å². The van der Waals surface area contributed by atoms with E-state index in [-0.39, 0.29) is 17.5 Å². The van der Waals surface area contributed by atoms with E-state index in [9.17, 15) is 9.18 Å². The molecule has 0 spiro atoms. The molecule has 0 amide bonds. The Morgan fingerprint density at radius 3 is 2.79 bits per heavy atom. The van der Waals surface area contributed by atoms with Crippen molar-refractivity contribution in [2.24, 2.45) is 0 Å². The van der Waals surface area contributed by atoms with Crippen molar-refractivity contribution in [1.82, 2.24) is 30.1 Å². The van der Waals surface area contributed by atoms with E-state index in [0.29, 0.717) is 43.4 Å². The zero-order chi connectivity index (χ0) is 26.8. The highest BCUT2D eigenvalue weighted by molar-refractivity contribution is 5.82. The minimum absolute atomic E-state index is 0.000981. The second-order valence-corrected chi connectivity index (χ2v) is 9.96. The van der Waals surface area contributed by atoms with Crippen molar-refractivity contribution in [3.8, 4) is 0 Å². The van der Waals surface area contributed by atoms with Crippen LogP contribution in [0.15, 0.2) is 76.1 Å². The van der Waals surface area contributed by atoms with Gasteiger partial charge >= 0.3 is 0 Å². The lowest BCUT2D eigenvalue weighted by Crippen LogP contribution is -2.35. The second-order valence-electron chi connectivity index (χ2n) is 9.96. The topological polar surface area (TPSA) is 102 Å². The minimum Gasteiger partial charge on any atom is -0.468 e. The third-order valence-electron chi connectivity index (χ3n) is 7.22. The van der Waals surface area contributed by atoms with Gasteiger partial charge in [0.2, 0.25) is 0 Å². The maximum Gasteiger partial charge on any atom is 0.253 e. The number of nitrogens with one attached hydrogen (secondary N) is 1. The normalized spacial score (nSPS) is 16.3. The fourth-order valence-corrected chi connectivity index (χ4v) is 5.29. The van der Waals surface area contributed by atoms with Crippen molar-refractivity contribution < 1.29 is 13.5 Å². The minimum atomic E-state index is -0.634. The lowest BCUT2D eigenvalue weighted by Gasteiger charge is -2.30. The van der Waals surface area contributed by atoms with E-state index in [0.717, 1.165) is 34.9 Å². The molecule has 6 rings (SSSR count). The number of benzene rings is 2. The number of hydrogen-bond donors (Lipinski definition) is 1. The van der Waals surface area contributed by atoms with Crippen LogP contribution in [-0.4, -0.2) is 42.8 Å². The third kappa shape index (κ3) is 5.39. The summed E-state index contributed by atoms with van der Waals surface area (Å²) in [6.45, 7) is 3.92. The highest BCUT2D eigenvalue weighted by Gasteiger charge is 2.32. The van der Waals surface area contributed by atoms with Gasteiger partial charge in [-0.05, 0) is 77.0 Å². The Morgan fingerprint density at radius 1 is 1.15 bits per heavy atom. The summed E-state index contributed by atoms with van der Waals surface area (Å²) in [5.74, 6) is 0.930. The van der Waals surface area contributed by atoms with Crippen LogP contribution in [0, 0.1) is 12.7 Å². The van der Waals surface area contributed by atoms with Crippen molar-refractivity contribution in [2.75, 3.05) is 6.61 Å². The molecule has 39 heavy (non-hydrogen) atoms. The van der Waals surface area contributed by atoms with Gasteiger partial charge in [-0.1, -0.05) is 30.3 Å². The fourth-order valence-electron chi connectivity index (χ4n) is 5.29. The molecule has 0 bridgehead atoms. The molecule has 9 nitrogen and oxygen atoms in total. The van der Waals surface area contributed by atoms with Crippen LogP contribution in [0.1, 0.15) is 47.2 Å². The maximum atomic E-state index is 13.7. The fraction of sp³-hybridized carbons (Fsp3) is 0.310. The lowest BCUT2D eigenvalue weighted by atomic mass is 10.0. The summed E-state index contributed by atoms with van der Waals surface area (Å²) in [7, 11) is 0. The van der Waals surface area contributed by atoms with Gasteiger partial charge in [-0.3, -0.25) is 9.69 Å². The zero-order valence-corrected chi connectivity index (χ0v) is 21.6. The highest BCUT2D eigenvalue weighted by Crippen LogP contribution is 2.31. The predicted octanol–water partition coefficient (Wildman–Crippen LogP) is 4.53. The Morgan fingerprint density at radius 2 is 2.03 bits per heavy atom. The highest BCUT2D eigenvalue weighted by atomic mass is 19.1. The molecule has 1 aliphatic rings. The number of furan rings is 1. The van der Waals surface area contributed by atoms with E-state index in [4.69, 9.17) is 9.15 Å². The zero-order valence-electron chi connectivity index (χ0n) is 21.6. The molecule has 200 valence electrons. The van der Waals surface area contributed by atoms with E-state index < -0.39 is 6.04 Å². The number of para-hydroxylation sites is 1. The molecular weight excluding hydrogens is 499 g/mol. The van der Waals surface area contributed by atoms with Gasteiger partial charge in [0.15, 0.2) is 5.82 Å². The van der Waals surface area contributed by atoms with Crippen molar-refractivity contribution in [2.45, 2.75) is 51.5 Å². The first kappa shape index (κ1) is 25.1. The Balaban J connectivity index is 1.50. The Labute approximate surface area is 224 Å². The van der Waals surface area contributed by atoms with Gasteiger partial charge in [-0.15, -0.1) is 5.10 Å². The quantitative estimate of drug-likeness (QED) is 0.300. The molecule has 1 N–H and O–H groups in total. The van der Waals surface area contributed by atoms with Crippen LogP contribution in [0.5, 0.6) is 0 Å². The molecule has 0 radical (unpaired) electrons. The molecule has 0 unspecified atom stereocenters. The second kappa shape index (κ2) is 10.9. The smallest absolute Gasteiger partial charge is 0.253 e. The number of rotatable bonds is 9. The number of nitrogens with zero attached hydrogens (tertiary/aromatic N) is 5. The molecule has 2 atom stereocenters. The number of H-pyrrole nitrogens is 1. The summed E-state index contributed by atoms with van der Waals surface area (Å²) < 4.78 is 27.1. The average molecular weight is 529 g/mol. The van der Waals surface area contributed by atoms with Crippen LogP contribution in [-0.2, 0) is 24.4 Å². The largest absolute Gasteiger partial charge is 0.468 e. The van der Waals surface area contributed by atoms with Crippen LogP contribution >= 0.6 is 0 Å². The van der Waals surface area contributed by atoms with Gasteiger partial charge in [0.25, 0.3) is 5.56 Å². The molecule has 1 saturated heterocycles. The summed E-state index contributed by atoms with van der Waals surface area (Å²) in [5, 5.41) is 13.7. The molecule has 4 heterocycles. The van der Waals surface area contributed by atoms with Crippen molar-refractivity contribution >= 4 is 10.9 Å². The summed E-state index contributed by atoms with van der Waals surface area (Å²) in [6.07, 6.45) is 3.53. The first-order valence-electron chi connectivity index (χ1n) is 13.1. The Kier molecular flexibility index (Phi) is 7.04. The van der Waals surface area contributed by atoms with E-state index in [1.54, 1.807) is 23.1 Å². The first-order valence-corrected chi connectivity index (χ1v) is 13.1. The summed E-state index contributed by atoms with van der Waals surface area (Å²) in [6, 6.07) is 17.3. The number of fused-ring (bicyclic) bond motifs is 1. The van der Waals surface area contributed by atoms with Gasteiger partial charge in [-0.2, -0.15) is 0 Å². The molecule has 0 saturated carbocycles. The van der Waals surface area contributed by atoms with E-state index in [1.165, 1.54) is 12.1 Å². The lowest BCUT2D eigenvalue weighted by molar-refractivity contribution is 0.0901. The SMILES string of the molecule is Cc1cccc2cc([C@H](c3nnnn3C[C@@H]3CCCO3)N(Cc3ccc(F)cc3)Cc3ccco3)c(=O)[nH]c12. The molecule has 1 aliphatic heterocycles. The van der Waals surface area contributed by atoms with Gasteiger partial charge < -0.3 is 14.1 Å².